The summed E-state index contributed by atoms with van der Waals surface area (Å²) in [6, 6.07) is 19.6. The summed E-state index contributed by atoms with van der Waals surface area (Å²) >= 11 is 0. The van der Waals surface area contributed by atoms with Crippen LogP contribution in [0.3, 0.4) is 0 Å². The standard InChI is InChI=1S/C24H20F3O5S/c1-29-12-13-30-17-8-11-22-20(14-17)32-19-4-2-3-5-21(19)33(22)18-9-6-16(7-10-18)23(28)31-15-24(25,26)27/h2-11,14H,12-13,15H2,1H3/q+1. The van der Waals surface area contributed by atoms with Crippen LogP contribution in [0.25, 0.3) is 0 Å². The molecule has 1 aliphatic heterocycles. The summed E-state index contributed by atoms with van der Waals surface area (Å²) < 4.78 is 58.2. The molecule has 0 radical (unpaired) electrons. The van der Waals surface area contributed by atoms with Crippen molar-refractivity contribution in [3.8, 4) is 17.2 Å². The first-order chi connectivity index (χ1) is 15.9. The molecule has 0 aromatic heterocycles. The number of carbonyl (C=O) groups is 1. The molecule has 1 atom stereocenters. The molecule has 3 aromatic carbocycles. The van der Waals surface area contributed by atoms with E-state index in [1.165, 1.54) is 12.1 Å². The Kier molecular flexibility index (Phi) is 6.80. The van der Waals surface area contributed by atoms with E-state index < -0.39 is 29.6 Å². The second-order valence-electron chi connectivity index (χ2n) is 7.02. The molecule has 0 bridgehead atoms. The van der Waals surface area contributed by atoms with Crippen molar-refractivity contribution in [2.45, 2.75) is 20.9 Å². The van der Waals surface area contributed by atoms with E-state index in [4.69, 9.17) is 14.2 Å². The number of rotatable bonds is 7. The molecule has 0 saturated heterocycles. The lowest BCUT2D eigenvalue weighted by Gasteiger charge is -2.20. The second kappa shape index (κ2) is 9.76. The highest BCUT2D eigenvalue weighted by Gasteiger charge is 2.39. The minimum Gasteiger partial charge on any atom is -0.491 e. The molecule has 0 aliphatic carbocycles. The maximum absolute atomic E-state index is 12.3. The fraction of sp³-hybridized carbons (Fsp3) is 0.208. The van der Waals surface area contributed by atoms with Crippen LogP contribution in [0.15, 0.2) is 81.4 Å². The van der Waals surface area contributed by atoms with Crippen LogP contribution in [-0.4, -0.2) is 39.1 Å². The van der Waals surface area contributed by atoms with Crippen molar-refractivity contribution in [1.29, 1.82) is 0 Å². The van der Waals surface area contributed by atoms with E-state index in [-0.39, 0.29) is 5.56 Å². The zero-order valence-electron chi connectivity index (χ0n) is 17.6. The van der Waals surface area contributed by atoms with E-state index in [0.29, 0.717) is 30.5 Å². The summed E-state index contributed by atoms with van der Waals surface area (Å²) in [6.07, 6.45) is -4.57. The largest absolute Gasteiger partial charge is 0.491 e. The van der Waals surface area contributed by atoms with Gasteiger partial charge in [-0.15, -0.1) is 0 Å². The van der Waals surface area contributed by atoms with Gasteiger partial charge in [0, 0.05) is 19.2 Å². The van der Waals surface area contributed by atoms with E-state index in [1.54, 1.807) is 19.2 Å². The summed E-state index contributed by atoms with van der Waals surface area (Å²) in [4.78, 5) is 14.7. The van der Waals surface area contributed by atoms with Gasteiger partial charge in [0.15, 0.2) is 23.0 Å². The lowest BCUT2D eigenvalue weighted by atomic mass is 10.2. The van der Waals surface area contributed by atoms with Crippen LogP contribution in [0.5, 0.6) is 17.2 Å². The minimum absolute atomic E-state index is 0.0512. The summed E-state index contributed by atoms with van der Waals surface area (Å²) in [5.41, 5.74) is 0.0512. The Morgan fingerprint density at radius 2 is 1.67 bits per heavy atom. The first-order valence-electron chi connectivity index (χ1n) is 9.96. The van der Waals surface area contributed by atoms with Crippen LogP contribution >= 0.6 is 0 Å². The van der Waals surface area contributed by atoms with Crippen LogP contribution in [-0.2, 0) is 20.4 Å². The van der Waals surface area contributed by atoms with Gasteiger partial charge in [-0.05, 0) is 42.5 Å². The molecule has 0 saturated carbocycles. The Hall–Kier alpha value is -3.17. The van der Waals surface area contributed by atoms with Crippen molar-refractivity contribution >= 4 is 16.9 Å². The van der Waals surface area contributed by atoms with Crippen molar-refractivity contribution < 1.29 is 36.9 Å². The minimum atomic E-state index is -4.57. The Morgan fingerprint density at radius 3 is 2.39 bits per heavy atom. The highest BCUT2D eigenvalue weighted by atomic mass is 32.2. The average molecular weight is 477 g/mol. The zero-order valence-corrected chi connectivity index (χ0v) is 18.4. The van der Waals surface area contributed by atoms with E-state index in [2.05, 4.69) is 4.74 Å². The molecule has 0 N–H and O–H groups in total. The van der Waals surface area contributed by atoms with E-state index in [9.17, 15) is 18.0 Å². The van der Waals surface area contributed by atoms with Gasteiger partial charge >= 0.3 is 12.1 Å². The van der Waals surface area contributed by atoms with Crippen molar-refractivity contribution in [3.63, 3.8) is 0 Å². The number of ether oxygens (including phenoxy) is 4. The monoisotopic (exact) mass is 477 g/mol. The van der Waals surface area contributed by atoms with Crippen molar-refractivity contribution in [1.82, 2.24) is 0 Å². The smallest absolute Gasteiger partial charge is 0.422 e. The third-order valence-corrected chi connectivity index (χ3v) is 6.97. The fourth-order valence-electron chi connectivity index (χ4n) is 3.22. The molecule has 1 heterocycles. The van der Waals surface area contributed by atoms with Crippen LogP contribution in [0, 0.1) is 0 Å². The van der Waals surface area contributed by atoms with E-state index in [1.807, 2.05) is 42.5 Å². The Labute approximate surface area is 191 Å². The summed E-state index contributed by atoms with van der Waals surface area (Å²) in [5.74, 6) is 0.987. The average Bonchev–Trinajstić information content (AvgIpc) is 2.81. The van der Waals surface area contributed by atoms with Gasteiger partial charge in [-0.1, -0.05) is 12.1 Å². The maximum atomic E-state index is 12.3. The predicted octanol–water partition coefficient (Wildman–Crippen LogP) is 5.63. The van der Waals surface area contributed by atoms with Gasteiger partial charge in [-0.2, -0.15) is 13.2 Å². The van der Waals surface area contributed by atoms with Gasteiger partial charge in [0.1, 0.15) is 23.3 Å². The highest BCUT2D eigenvalue weighted by Crippen LogP contribution is 2.47. The molecule has 0 amide bonds. The molecular formula is C24H20F3O5S+. The number of hydrogen-bond acceptors (Lipinski definition) is 5. The molecule has 5 nitrogen and oxygen atoms in total. The third-order valence-electron chi connectivity index (χ3n) is 4.67. The first-order valence-corrected chi connectivity index (χ1v) is 11.2. The lowest BCUT2D eigenvalue weighted by Crippen LogP contribution is -2.20. The molecule has 0 spiro atoms. The SMILES string of the molecule is COCCOc1ccc2c(c1)Oc1ccccc1[S+]2c1ccc(C(=O)OCC(F)(F)F)cc1. The Balaban J connectivity index is 1.63. The number of methoxy groups -OCH3 is 1. The maximum Gasteiger partial charge on any atom is 0.422 e. The molecule has 172 valence electrons. The van der Waals surface area contributed by atoms with Crippen LogP contribution in [0.1, 0.15) is 10.4 Å². The molecular weight excluding hydrogens is 457 g/mol. The van der Waals surface area contributed by atoms with Crippen LogP contribution < -0.4 is 9.47 Å². The number of alkyl halides is 3. The summed E-state index contributed by atoms with van der Waals surface area (Å²) in [6.45, 7) is -0.753. The second-order valence-corrected chi connectivity index (χ2v) is 8.98. The van der Waals surface area contributed by atoms with Gasteiger partial charge < -0.3 is 18.9 Å². The molecule has 1 unspecified atom stereocenters. The predicted molar refractivity (Wildman–Crippen MR) is 115 cm³/mol. The quantitative estimate of drug-likeness (QED) is 0.196. The van der Waals surface area contributed by atoms with Crippen LogP contribution in [0.4, 0.5) is 13.2 Å². The fourth-order valence-corrected chi connectivity index (χ4v) is 5.41. The Morgan fingerprint density at radius 1 is 0.939 bits per heavy atom. The highest BCUT2D eigenvalue weighted by molar-refractivity contribution is 7.97. The number of para-hydroxylation sites is 1. The van der Waals surface area contributed by atoms with Gasteiger partial charge in [-0.3, -0.25) is 0 Å². The molecule has 4 rings (SSSR count). The topological polar surface area (TPSA) is 54.0 Å². The van der Waals surface area contributed by atoms with E-state index >= 15 is 0 Å². The molecule has 33 heavy (non-hydrogen) atoms. The van der Waals surface area contributed by atoms with E-state index in [0.717, 1.165) is 14.7 Å². The number of halogens is 3. The van der Waals surface area contributed by atoms with Gasteiger partial charge in [0.05, 0.1) is 12.2 Å². The van der Waals surface area contributed by atoms with Crippen molar-refractivity contribution in [2.24, 2.45) is 0 Å². The normalized spacial score (nSPS) is 14.6. The van der Waals surface area contributed by atoms with Gasteiger partial charge in [0.25, 0.3) is 0 Å². The molecule has 1 aliphatic rings. The van der Waals surface area contributed by atoms with Gasteiger partial charge in [0.2, 0.25) is 9.79 Å². The number of esters is 1. The third kappa shape index (κ3) is 5.43. The Bertz CT molecular complexity index is 1130. The number of hydrogen-bond donors (Lipinski definition) is 0. The summed E-state index contributed by atoms with van der Waals surface area (Å²) in [7, 11) is 1.05. The molecule has 9 heteroatoms. The number of benzene rings is 3. The van der Waals surface area contributed by atoms with Crippen molar-refractivity contribution in [2.75, 3.05) is 26.9 Å². The number of fused-ring (bicyclic) bond motifs is 2. The lowest BCUT2D eigenvalue weighted by molar-refractivity contribution is -0.161. The van der Waals surface area contributed by atoms with Crippen molar-refractivity contribution in [3.05, 3.63) is 72.3 Å². The van der Waals surface area contributed by atoms with Gasteiger partial charge in [-0.25, -0.2) is 4.79 Å². The molecule has 3 aromatic rings. The molecule has 0 fully saturated rings. The van der Waals surface area contributed by atoms with Crippen LogP contribution in [0.2, 0.25) is 0 Å². The first kappa shape index (κ1) is 23.0. The zero-order chi connectivity index (χ0) is 23.4. The summed E-state index contributed by atoms with van der Waals surface area (Å²) in [5, 5.41) is 0. The number of carbonyl (C=O) groups excluding carboxylic acids is 1.